The van der Waals surface area contributed by atoms with E-state index in [9.17, 15) is 13.2 Å². The van der Waals surface area contributed by atoms with Crippen LogP contribution in [-0.2, 0) is 19.6 Å². The van der Waals surface area contributed by atoms with Crippen LogP contribution in [0.3, 0.4) is 0 Å². The SMILES string of the molecule is CCOc1ccc(N(CC(=O)OC)S(C)(=O)=O)cc1. The Labute approximate surface area is 113 Å². The zero-order chi connectivity index (χ0) is 14.5. The minimum atomic E-state index is -3.56. The fraction of sp³-hybridized carbons (Fsp3) is 0.417. The van der Waals surface area contributed by atoms with Crippen molar-refractivity contribution in [1.29, 1.82) is 0 Å². The molecule has 0 N–H and O–H groups in total. The quantitative estimate of drug-likeness (QED) is 0.730. The molecule has 0 aromatic heterocycles. The number of rotatable bonds is 6. The highest BCUT2D eigenvalue weighted by molar-refractivity contribution is 7.92. The maximum Gasteiger partial charge on any atom is 0.326 e. The lowest BCUT2D eigenvalue weighted by atomic mass is 10.3. The first-order valence-electron chi connectivity index (χ1n) is 5.66. The number of carbonyl (C=O) groups excluding carboxylic acids is 1. The van der Waals surface area contributed by atoms with Crippen molar-refractivity contribution >= 4 is 21.7 Å². The van der Waals surface area contributed by atoms with Gasteiger partial charge in [0.2, 0.25) is 10.0 Å². The summed E-state index contributed by atoms with van der Waals surface area (Å²) in [7, 11) is -2.35. The molecule has 0 aliphatic carbocycles. The number of hydrogen-bond acceptors (Lipinski definition) is 5. The van der Waals surface area contributed by atoms with Crippen LogP contribution in [0.4, 0.5) is 5.69 Å². The normalized spacial score (nSPS) is 10.9. The van der Waals surface area contributed by atoms with E-state index in [1.165, 1.54) is 7.11 Å². The van der Waals surface area contributed by atoms with Gasteiger partial charge in [-0.15, -0.1) is 0 Å². The van der Waals surface area contributed by atoms with Crippen molar-refractivity contribution in [3.63, 3.8) is 0 Å². The van der Waals surface area contributed by atoms with Crippen LogP contribution in [0.2, 0.25) is 0 Å². The standard InChI is InChI=1S/C12H17NO5S/c1-4-18-11-7-5-10(6-8-11)13(19(3,15)16)9-12(14)17-2/h5-8H,4,9H2,1-3H3. The van der Waals surface area contributed by atoms with E-state index in [2.05, 4.69) is 4.74 Å². The van der Waals surface area contributed by atoms with Gasteiger partial charge in [0.05, 0.1) is 25.7 Å². The summed E-state index contributed by atoms with van der Waals surface area (Å²) in [6.07, 6.45) is 1.03. The van der Waals surface area contributed by atoms with Crippen LogP contribution in [0.5, 0.6) is 5.75 Å². The van der Waals surface area contributed by atoms with E-state index in [1.807, 2.05) is 6.92 Å². The molecule has 0 amide bonds. The molecule has 0 fully saturated rings. The van der Waals surface area contributed by atoms with Crippen LogP contribution in [0.15, 0.2) is 24.3 Å². The average Bonchev–Trinajstić information content (AvgIpc) is 2.36. The van der Waals surface area contributed by atoms with E-state index in [-0.39, 0.29) is 6.54 Å². The Morgan fingerprint density at radius 3 is 2.26 bits per heavy atom. The molecule has 1 rings (SSSR count). The first kappa shape index (κ1) is 15.3. The molecule has 6 nitrogen and oxygen atoms in total. The fourth-order valence-corrected chi connectivity index (χ4v) is 2.30. The predicted molar refractivity (Wildman–Crippen MR) is 71.8 cm³/mol. The van der Waals surface area contributed by atoms with Crippen LogP contribution < -0.4 is 9.04 Å². The Bertz CT molecular complexity index is 524. The van der Waals surface area contributed by atoms with Crippen molar-refractivity contribution < 1.29 is 22.7 Å². The minimum Gasteiger partial charge on any atom is -0.494 e. The van der Waals surface area contributed by atoms with Gasteiger partial charge in [-0.05, 0) is 31.2 Å². The number of benzene rings is 1. The maximum absolute atomic E-state index is 11.7. The molecule has 0 atom stereocenters. The molecular weight excluding hydrogens is 270 g/mol. The topological polar surface area (TPSA) is 72.9 Å². The number of esters is 1. The highest BCUT2D eigenvalue weighted by Crippen LogP contribution is 2.21. The Kier molecular flexibility index (Phi) is 5.17. The monoisotopic (exact) mass is 287 g/mol. The van der Waals surface area contributed by atoms with Crippen LogP contribution >= 0.6 is 0 Å². The molecule has 19 heavy (non-hydrogen) atoms. The molecule has 0 saturated heterocycles. The van der Waals surface area contributed by atoms with Gasteiger partial charge in [-0.25, -0.2) is 8.42 Å². The molecule has 106 valence electrons. The summed E-state index contributed by atoms with van der Waals surface area (Å²) in [6, 6.07) is 6.45. The lowest BCUT2D eigenvalue weighted by molar-refractivity contribution is -0.138. The van der Waals surface area contributed by atoms with Gasteiger partial charge in [-0.1, -0.05) is 0 Å². The van der Waals surface area contributed by atoms with E-state index in [0.29, 0.717) is 18.0 Å². The highest BCUT2D eigenvalue weighted by atomic mass is 32.2. The molecule has 0 aliphatic heterocycles. The summed E-state index contributed by atoms with van der Waals surface area (Å²) >= 11 is 0. The summed E-state index contributed by atoms with van der Waals surface area (Å²) in [4.78, 5) is 11.3. The van der Waals surface area contributed by atoms with Gasteiger partial charge < -0.3 is 9.47 Å². The summed E-state index contributed by atoms with van der Waals surface area (Å²) in [5, 5.41) is 0. The average molecular weight is 287 g/mol. The third-order valence-corrected chi connectivity index (χ3v) is 3.48. The van der Waals surface area contributed by atoms with Gasteiger partial charge in [0.1, 0.15) is 12.3 Å². The Morgan fingerprint density at radius 2 is 1.84 bits per heavy atom. The van der Waals surface area contributed by atoms with Crippen molar-refractivity contribution in [2.75, 3.05) is 30.8 Å². The predicted octanol–water partition coefficient (Wildman–Crippen LogP) is 1.02. The molecule has 0 unspecified atom stereocenters. The Hall–Kier alpha value is -1.76. The van der Waals surface area contributed by atoms with E-state index in [1.54, 1.807) is 24.3 Å². The molecule has 0 spiro atoms. The number of sulfonamides is 1. The van der Waals surface area contributed by atoms with Gasteiger partial charge in [0.15, 0.2) is 0 Å². The third kappa shape index (κ3) is 4.44. The largest absolute Gasteiger partial charge is 0.494 e. The Balaban J connectivity index is 3.01. The molecule has 7 heteroatoms. The fourth-order valence-electron chi connectivity index (χ4n) is 1.46. The van der Waals surface area contributed by atoms with Crippen LogP contribution in [0, 0.1) is 0 Å². The number of methoxy groups -OCH3 is 1. The van der Waals surface area contributed by atoms with E-state index in [0.717, 1.165) is 10.6 Å². The molecule has 1 aromatic carbocycles. The summed E-state index contributed by atoms with van der Waals surface area (Å²) in [6.45, 7) is 2.02. The maximum atomic E-state index is 11.7. The van der Waals surface area contributed by atoms with Crippen LogP contribution in [0.25, 0.3) is 0 Å². The second-order valence-corrected chi connectivity index (χ2v) is 5.68. The Morgan fingerprint density at radius 1 is 1.26 bits per heavy atom. The van der Waals surface area contributed by atoms with Gasteiger partial charge >= 0.3 is 5.97 Å². The van der Waals surface area contributed by atoms with Gasteiger partial charge in [-0.3, -0.25) is 9.10 Å². The van der Waals surface area contributed by atoms with Crippen molar-refractivity contribution in [2.24, 2.45) is 0 Å². The molecule has 0 aliphatic rings. The first-order valence-corrected chi connectivity index (χ1v) is 7.50. The number of nitrogens with zero attached hydrogens (tertiary/aromatic N) is 1. The van der Waals surface area contributed by atoms with Crippen molar-refractivity contribution in [1.82, 2.24) is 0 Å². The van der Waals surface area contributed by atoms with Gasteiger partial charge in [0.25, 0.3) is 0 Å². The van der Waals surface area contributed by atoms with Crippen LogP contribution in [0.1, 0.15) is 6.92 Å². The van der Waals surface area contributed by atoms with Crippen molar-refractivity contribution in [3.05, 3.63) is 24.3 Å². The second kappa shape index (κ2) is 6.42. The van der Waals surface area contributed by atoms with E-state index < -0.39 is 16.0 Å². The summed E-state index contributed by atoms with van der Waals surface area (Å²) < 4.78 is 34.1. The number of ether oxygens (including phenoxy) is 2. The molecule has 0 bridgehead atoms. The first-order chi connectivity index (χ1) is 8.88. The summed E-state index contributed by atoms with van der Waals surface area (Å²) in [5.41, 5.74) is 0.386. The van der Waals surface area contributed by atoms with Crippen molar-refractivity contribution in [3.8, 4) is 5.75 Å². The van der Waals surface area contributed by atoms with E-state index in [4.69, 9.17) is 4.74 Å². The smallest absolute Gasteiger partial charge is 0.326 e. The number of hydrogen-bond donors (Lipinski definition) is 0. The highest BCUT2D eigenvalue weighted by Gasteiger charge is 2.21. The molecule has 1 aromatic rings. The zero-order valence-corrected chi connectivity index (χ0v) is 11.9. The lowest BCUT2D eigenvalue weighted by Crippen LogP contribution is -2.35. The van der Waals surface area contributed by atoms with Crippen LogP contribution in [-0.4, -0.2) is 40.9 Å². The number of carbonyl (C=O) groups is 1. The number of anilines is 1. The third-order valence-electron chi connectivity index (χ3n) is 2.34. The molecule has 0 heterocycles. The molecular formula is C12H17NO5S. The minimum absolute atomic E-state index is 0.358. The van der Waals surface area contributed by atoms with E-state index >= 15 is 0 Å². The summed E-state index contributed by atoms with van der Waals surface area (Å²) in [5.74, 6) is 0.0112. The van der Waals surface area contributed by atoms with Gasteiger partial charge in [-0.2, -0.15) is 0 Å². The molecule has 0 saturated carbocycles. The second-order valence-electron chi connectivity index (χ2n) is 3.77. The van der Waals surface area contributed by atoms with Crippen molar-refractivity contribution in [2.45, 2.75) is 6.92 Å². The van der Waals surface area contributed by atoms with Gasteiger partial charge in [0, 0.05) is 0 Å². The lowest BCUT2D eigenvalue weighted by Gasteiger charge is -2.21. The molecule has 0 radical (unpaired) electrons. The zero-order valence-electron chi connectivity index (χ0n) is 11.1.